The Morgan fingerprint density at radius 3 is 2.29 bits per heavy atom. The van der Waals surface area contributed by atoms with Gasteiger partial charge in [0.25, 0.3) is 0 Å². The van der Waals surface area contributed by atoms with Gasteiger partial charge in [-0.2, -0.15) is 0 Å². The molecule has 4 atom stereocenters. The first-order chi connectivity index (χ1) is 6.48. The van der Waals surface area contributed by atoms with Crippen LogP contribution in [-0.2, 0) is 9.59 Å². The monoisotopic (exact) mass is 199 g/mol. The molecule has 2 fully saturated rings. The fourth-order valence-electron chi connectivity index (χ4n) is 3.09. The zero-order valence-electron chi connectivity index (χ0n) is 7.64. The molecule has 14 heavy (non-hydrogen) atoms. The van der Waals surface area contributed by atoms with Crippen LogP contribution in [0.2, 0.25) is 0 Å². The molecule has 2 aliphatic rings. The molecule has 0 radical (unpaired) electrons. The molecule has 0 unspecified atom stereocenters. The Hall–Kier alpha value is -1.10. The molecular weight excluding hydrogens is 186 g/mol. The highest BCUT2D eigenvalue weighted by Crippen LogP contribution is 2.54. The number of hydrogen-bond acceptors (Lipinski definition) is 3. The highest BCUT2D eigenvalue weighted by Gasteiger charge is 2.63. The van der Waals surface area contributed by atoms with E-state index in [0.717, 1.165) is 6.42 Å². The predicted molar refractivity (Wildman–Crippen MR) is 46.5 cm³/mol. The lowest BCUT2D eigenvalue weighted by molar-refractivity contribution is -0.147. The molecule has 5 heteroatoms. The number of carboxylic acids is 2. The van der Waals surface area contributed by atoms with Gasteiger partial charge >= 0.3 is 11.9 Å². The fraction of sp³-hybridized carbons (Fsp3) is 0.778. The summed E-state index contributed by atoms with van der Waals surface area (Å²) in [7, 11) is 0. The molecule has 0 aromatic heterocycles. The summed E-state index contributed by atoms with van der Waals surface area (Å²) in [6.07, 6.45) is 1.80. The van der Waals surface area contributed by atoms with Gasteiger partial charge in [-0.3, -0.25) is 9.59 Å². The maximum Gasteiger partial charge on any atom is 0.324 e. The van der Waals surface area contributed by atoms with Gasteiger partial charge in [-0.25, -0.2) is 0 Å². The fourth-order valence-corrected chi connectivity index (χ4v) is 3.09. The van der Waals surface area contributed by atoms with E-state index in [9.17, 15) is 9.59 Å². The molecule has 0 saturated heterocycles. The molecule has 0 amide bonds. The quantitative estimate of drug-likeness (QED) is 0.576. The Morgan fingerprint density at radius 1 is 1.29 bits per heavy atom. The Morgan fingerprint density at radius 2 is 1.93 bits per heavy atom. The van der Waals surface area contributed by atoms with Gasteiger partial charge in [-0.05, 0) is 25.2 Å². The van der Waals surface area contributed by atoms with Crippen LogP contribution in [0.5, 0.6) is 0 Å². The van der Waals surface area contributed by atoms with Crippen molar-refractivity contribution >= 4 is 11.9 Å². The average molecular weight is 199 g/mol. The van der Waals surface area contributed by atoms with Crippen molar-refractivity contribution in [3.63, 3.8) is 0 Å². The maximum absolute atomic E-state index is 11.0. The van der Waals surface area contributed by atoms with E-state index in [4.69, 9.17) is 15.9 Å². The van der Waals surface area contributed by atoms with Crippen molar-refractivity contribution in [1.82, 2.24) is 0 Å². The van der Waals surface area contributed by atoms with Crippen LogP contribution in [0.15, 0.2) is 0 Å². The molecule has 0 aromatic carbocycles. The van der Waals surface area contributed by atoms with Crippen molar-refractivity contribution in [2.75, 3.05) is 0 Å². The minimum atomic E-state index is -1.29. The second-order valence-electron chi connectivity index (χ2n) is 4.30. The Bertz CT molecular complexity index is 303. The van der Waals surface area contributed by atoms with Gasteiger partial charge in [-0.1, -0.05) is 0 Å². The highest BCUT2D eigenvalue weighted by atomic mass is 16.4. The number of carboxylic acid groups (broad SMARTS) is 2. The van der Waals surface area contributed by atoms with E-state index in [1.807, 2.05) is 0 Å². The molecule has 4 N–H and O–H groups in total. The van der Waals surface area contributed by atoms with Gasteiger partial charge in [-0.15, -0.1) is 0 Å². The van der Waals surface area contributed by atoms with E-state index in [1.54, 1.807) is 0 Å². The normalized spacial score (nSPS) is 45.4. The van der Waals surface area contributed by atoms with Gasteiger partial charge in [0.2, 0.25) is 0 Å². The average Bonchev–Trinajstić information content (AvgIpc) is 2.58. The first-order valence-corrected chi connectivity index (χ1v) is 4.73. The molecule has 5 nitrogen and oxygen atoms in total. The number of nitrogens with two attached hydrogens (primary N) is 1. The number of aliphatic carboxylic acids is 2. The van der Waals surface area contributed by atoms with Crippen molar-refractivity contribution in [3.05, 3.63) is 0 Å². The molecule has 0 heterocycles. The Kier molecular flexibility index (Phi) is 1.82. The molecule has 0 aliphatic heterocycles. The van der Waals surface area contributed by atoms with Crippen molar-refractivity contribution in [2.45, 2.75) is 24.8 Å². The van der Waals surface area contributed by atoms with Gasteiger partial charge in [0, 0.05) is 5.92 Å². The van der Waals surface area contributed by atoms with E-state index in [1.165, 1.54) is 0 Å². The van der Waals surface area contributed by atoms with Crippen LogP contribution in [-0.4, -0.2) is 27.7 Å². The maximum atomic E-state index is 11.0. The zero-order valence-corrected chi connectivity index (χ0v) is 7.64. The Labute approximate surface area is 80.9 Å². The van der Waals surface area contributed by atoms with Gasteiger partial charge in [0.05, 0.1) is 5.92 Å². The molecule has 0 spiro atoms. The van der Waals surface area contributed by atoms with Crippen molar-refractivity contribution in [2.24, 2.45) is 23.5 Å². The molecule has 2 rings (SSSR count). The molecule has 78 valence electrons. The predicted octanol–water partition coefficient (Wildman–Crippen LogP) is -0.101. The van der Waals surface area contributed by atoms with E-state index < -0.39 is 23.4 Å². The van der Waals surface area contributed by atoms with Crippen LogP contribution in [0.1, 0.15) is 19.3 Å². The largest absolute Gasteiger partial charge is 0.481 e. The van der Waals surface area contributed by atoms with E-state index in [2.05, 4.69) is 0 Å². The van der Waals surface area contributed by atoms with E-state index in [0.29, 0.717) is 12.8 Å². The van der Waals surface area contributed by atoms with Crippen LogP contribution in [0.4, 0.5) is 0 Å². The topological polar surface area (TPSA) is 101 Å². The summed E-state index contributed by atoms with van der Waals surface area (Å²) in [5.74, 6) is -3.06. The van der Waals surface area contributed by atoms with E-state index in [-0.39, 0.29) is 11.8 Å². The van der Waals surface area contributed by atoms with E-state index >= 15 is 0 Å². The smallest absolute Gasteiger partial charge is 0.324 e. The highest BCUT2D eigenvalue weighted by molar-refractivity contribution is 5.83. The summed E-state index contributed by atoms with van der Waals surface area (Å²) >= 11 is 0. The number of hydrogen-bond donors (Lipinski definition) is 3. The summed E-state index contributed by atoms with van der Waals surface area (Å²) in [6.45, 7) is 0. The number of rotatable bonds is 2. The second kappa shape index (κ2) is 2.70. The first kappa shape index (κ1) is 9.45. The van der Waals surface area contributed by atoms with Crippen LogP contribution in [0.25, 0.3) is 0 Å². The third kappa shape index (κ3) is 0.930. The Balaban J connectivity index is 2.32. The zero-order chi connectivity index (χ0) is 10.5. The van der Waals surface area contributed by atoms with Crippen LogP contribution in [0, 0.1) is 17.8 Å². The minimum absolute atomic E-state index is 0.161. The van der Waals surface area contributed by atoms with Crippen molar-refractivity contribution in [1.29, 1.82) is 0 Å². The third-order valence-electron chi connectivity index (χ3n) is 3.83. The lowest BCUT2D eigenvalue weighted by atomic mass is 9.85. The van der Waals surface area contributed by atoms with Crippen LogP contribution < -0.4 is 5.73 Å². The molecule has 2 bridgehead atoms. The van der Waals surface area contributed by atoms with Crippen LogP contribution >= 0.6 is 0 Å². The summed E-state index contributed by atoms with van der Waals surface area (Å²) < 4.78 is 0. The molecular formula is C9H13NO4. The number of carbonyl (C=O) groups is 2. The lowest BCUT2D eigenvalue weighted by Crippen LogP contribution is -2.53. The van der Waals surface area contributed by atoms with Gasteiger partial charge < -0.3 is 15.9 Å². The standard InChI is InChI=1S/C9H13NO4/c10-9(8(13)14)4-1-2-6(9)5(3-4)7(11)12/h4-6H,1-3,10H2,(H,11,12)(H,13,14)/t4-,5-,6+,9-/m1/s1. The molecule has 0 aromatic rings. The summed E-state index contributed by atoms with van der Waals surface area (Å²) in [6, 6.07) is 0. The van der Waals surface area contributed by atoms with Crippen LogP contribution in [0.3, 0.4) is 0 Å². The second-order valence-corrected chi connectivity index (χ2v) is 4.30. The minimum Gasteiger partial charge on any atom is -0.481 e. The summed E-state index contributed by atoms with van der Waals surface area (Å²) in [5.41, 5.74) is 4.53. The van der Waals surface area contributed by atoms with Gasteiger partial charge in [0.1, 0.15) is 5.54 Å². The molecule has 2 aliphatic carbocycles. The van der Waals surface area contributed by atoms with Gasteiger partial charge in [0.15, 0.2) is 0 Å². The van der Waals surface area contributed by atoms with Crippen molar-refractivity contribution in [3.8, 4) is 0 Å². The SMILES string of the molecule is N[C@]1(C(=O)O)[C@@H]2CC[C@H]1[C@H](C(=O)O)C2. The summed E-state index contributed by atoms with van der Waals surface area (Å²) in [5, 5.41) is 17.9. The first-order valence-electron chi connectivity index (χ1n) is 4.73. The number of fused-ring (bicyclic) bond motifs is 2. The third-order valence-corrected chi connectivity index (χ3v) is 3.83. The molecule has 2 saturated carbocycles. The lowest BCUT2D eigenvalue weighted by Gasteiger charge is -2.24. The van der Waals surface area contributed by atoms with Crippen molar-refractivity contribution < 1.29 is 19.8 Å². The summed E-state index contributed by atoms with van der Waals surface area (Å²) in [4.78, 5) is 21.9.